The van der Waals surface area contributed by atoms with E-state index in [4.69, 9.17) is 9.47 Å². The molecule has 1 aliphatic rings. The van der Waals surface area contributed by atoms with Gasteiger partial charge in [0.15, 0.2) is 11.9 Å². The fourth-order valence-corrected chi connectivity index (χ4v) is 2.70. The first-order chi connectivity index (χ1) is 11.6. The van der Waals surface area contributed by atoms with Crippen molar-refractivity contribution >= 4 is 5.97 Å². The molecule has 1 fully saturated rings. The number of aromatic nitrogens is 2. The molecule has 8 nitrogen and oxygen atoms in total. The minimum absolute atomic E-state index is 0.208. The first kappa shape index (κ1) is 19.3. The van der Waals surface area contributed by atoms with E-state index in [1.54, 1.807) is 0 Å². The molecule has 0 spiro atoms. The predicted molar refractivity (Wildman–Crippen MR) is 85.9 cm³/mol. The van der Waals surface area contributed by atoms with E-state index < -0.39 is 40.8 Å². The number of carbonyl (C=O) groups excluding carboxylic acids is 1. The summed E-state index contributed by atoms with van der Waals surface area (Å²) >= 11 is 0. The predicted octanol–water partition coefficient (Wildman–Crippen LogP) is 0.647. The van der Waals surface area contributed by atoms with Crippen LogP contribution in [0.15, 0.2) is 21.9 Å². The van der Waals surface area contributed by atoms with Crippen LogP contribution >= 0.6 is 0 Å². The number of halogens is 1. The van der Waals surface area contributed by atoms with Gasteiger partial charge in [0.25, 0.3) is 5.56 Å². The Balaban J connectivity index is 2.24. The average molecular weight is 358 g/mol. The molecule has 2 heterocycles. The van der Waals surface area contributed by atoms with Crippen LogP contribution in [0.3, 0.4) is 0 Å². The lowest BCUT2D eigenvalue weighted by Crippen LogP contribution is -2.54. The highest BCUT2D eigenvalue weighted by molar-refractivity contribution is 5.69. The molecule has 1 aromatic heterocycles. The van der Waals surface area contributed by atoms with Crippen LogP contribution in [0.2, 0.25) is 0 Å². The summed E-state index contributed by atoms with van der Waals surface area (Å²) in [4.78, 5) is 37.7. The quantitative estimate of drug-likeness (QED) is 0.722. The maximum Gasteiger partial charge on any atom is 0.330 e. The van der Waals surface area contributed by atoms with Crippen LogP contribution in [0.25, 0.3) is 0 Å². The van der Waals surface area contributed by atoms with E-state index in [2.05, 4.69) is 4.98 Å². The molecule has 2 rings (SSSR count). The van der Waals surface area contributed by atoms with Crippen LogP contribution in [-0.2, 0) is 14.3 Å². The van der Waals surface area contributed by atoms with Crippen molar-refractivity contribution in [1.29, 1.82) is 0 Å². The van der Waals surface area contributed by atoms with Gasteiger partial charge in [-0.1, -0.05) is 13.3 Å². The first-order valence-electron chi connectivity index (χ1n) is 8.15. The molecule has 0 amide bonds. The summed E-state index contributed by atoms with van der Waals surface area (Å²) in [6.07, 6.45) is -0.0734. The highest BCUT2D eigenvalue weighted by atomic mass is 19.1. The van der Waals surface area contributed by atoms with Gasteiger partial charge in [0.05, 0.1) is 0 Å². The van der Waals surface area contributed by atoms with Gasteiger partial charge in [-0.15, -0.1) is 0 Å². The molecule has 0 radical (unpaired) electrons. The Morgan fingerprint density at radius 2 is 2.16 bits per heavy atom. The van der Waals surface area contributed by atoms with Crippen molar-refractivity contribution in [3.05, 3.63) is 33.1 Å². The summed E-state index contributed by atoms with van der Waals surface area (Å²) in [7, 11) is 0. The van der Waals surface area contributed by atoms with Crippen molar-refractivity contribution in [1.82, 2.24) is 9.55 Å². The number of hydrogen-bond donors (Lipinski definition) is 2. The van der Waals surface area contributed by atoms with Gasteiger partial charge >= 0.3 is 11.7 Å². The van der Waals surface area contributed by atoms with E-state index in [9.17, 15) is 19.5 Å². The van der Waals surface area contributed by atoms with E-state index in [1.165, 1.54) is 6.92 Å². The molecule has 0 unspecified atom stereocenters. The molecule has 4 atom stereocenters. The Bertz CT molecular complexity index is 710. The summed E-state index contributed by atoms with van der Waals surface area (Å²) in [6.45, 7) is 3.76. The fraction of sp³-hybridized carbons (Fsp3) is 0.688. The number of rotatable bonds is 6. The zero-order valence-corrected chi connectivity index (χ0v) is 14.5. The lowest BCUT2D eigenvalue weighted by Gasteiger charge is -2.32. The average Bonchev–Trinajstić information content (AvgIpc) is 2.70. The first-order valence-corrected chi connectivity index (χ1v) is 8.15. The lowest BCUT2D eigenvalue weighted by atomic mass is 9.84. The van der Waals surface area contributed by atoms with Crippen LogP contribution in [0.5, 0.6) is 0 Å². The molecule has 1 aromatic rings. The van der Waals surface area contributed by atoms with Gasteiger partial charge in [-0.3, -0.25) is 9.59 Å². The molecule has 1 aliphatic heterocycles. The van der Waals surface area contributed by atoms with Gasteiger partial charge in [-0.25, -0.2) is 13.8 Å². The molecule has 0 saturated carbocycles. The number of hydrogen-bond acceptors (Lipinski definition) is 6. The minimum Gasteiger partial charge on any atom is -0.463 e. The van der Waals surface area contributed by atoms with E-state index >= 15 is 4.39 Å². The summed E-state index contributed by atoms with van der Waals surface area (Å²) < 4.78 is 26.3. The van der Waals surface area contributed by atoms with Crippen LogP contribution in [0.4, 0.5) is 4.39 Å². The number of nitrogens with one attached hydrogen (secondary N) is 1. The number of ether oxygens (including phenoxy) is 2. The largest absolute Gasteiger partial charge is 0.463 e. The second kappa shape index (κ2) is 7.09. The second-order valence-corrected chi connectivity index (χ2v) is 6.48. The van der Waals surface area contributed by atoms with Crippen molar-refractivity contribution in [3.8, 4) is 0 Å². The van der Waals surface area contributed by atoms with E-state index in [0.717, 1.165) is 25.6 Å². The topological polar surface area (TPSA) is 111 Å². The molecule has 0 aliphatic carbocycles. The van der Waals surface area contributed by atoms with Gasteiger partial charge < -0.3 is 19.6 Å². The number of aliphatic hydroxyl groups is 1. The maximum absolute atomic E-state index is 15.2. The van der Waals surface area contributed by atoms with Crippen LogP contribution in [0.1, 0.15) is 46.3 Å². The van der Waals surface area contributed by atoms with Crippen LogP contribution in [0, 0.1) is 0 Å². The number of H-pyrrole nitrogens is 1. The number of alkyl halides is 1. The Morgan fingerprint density at radius 3 is 2.76 bits per heavy atom. The molecule has 0 aromatic carbocycles. The highest BCUT2D eigenvalue weighted by Crippen LogP contribution is 2.47. The Labute approximate surface area is 143 Å². The van der Waals surface area contributed by atoms with E-state index in [0.29, 0.717) is 11.0 Å². The molecule has 25 heavy (non-hydrogen) atoms. The number of unbranched alkanes of at least 4 members (excludes halogenated alkanes) is 1. The maximum atomic E-state index is 15.2. The van der Waals surface area contributed by atoms with Crippen molar-refractivity contribution in [3.63, 3.8) is 0 Å². The molecular weight excluding hydrogens is 335 g/mol. The summed E-state index contributed by atoms with van der Waals surface area (Å²) in [6, 6.07) is 1.05. The minimum atomic E-state index is -2.47. The molecule has 2 N–H and O–H groups in total. The molecule has 140 valence electrons. The van der Waals surface area contributed by atoms with Crippen LogP contribution < -0.4 is 11.2 Å². The van der Waals surface area contributed by atoms with Crippen molar-refractivity contribution in [2.45, 2.75) is 63.6 Å². The third kappa shape index (κ3) is 3.52. The molecule has 1 saturated heterocycles. The lowest BCUT2D eigenvalue weighted by molar-refractivity contribution is -0.153. The summed E-state index contributed by atoms with van der Waals surface area (Å²) in [5.74, 6) is -0.486. The second-order valence-electron chi connectivity index (χ2n) is 6.48. The monoisotopic (exact) mass is 358 g/mol. The van der Waals surface area contributed by atoms with Gasteiger partial charge in [0, 0.05) is 18.7 Å². The number of esters is 1. The third-order valence-electron chi connectivity index (χ3n) is 4.63. The SMILES string of the molecule is CCCCC(=O)OC[C@H]1O[C@@H](n2c(=O)cc[nH]c2=O)[C@](C)(F)[C@]1(C)O. The Kier molecular flexibility index (Phi) is 5.48. The van der Waals surface area contributed by atoms with Crippen molar-refractivity contribution in [2.24, 2.45) is 0 Å². The Hall–Kier alpha value is -2.00. The number of nitrogens with zero attached hydrogens (tertiary/aromatic N) is 1. The highest BCUT2D eigenvalue weighted by Gasteiger charge is 2.63. The molecular formula is C16H23FN2O6. The molecule has 9 heteroatoms. The van der Waals surface area contributed by atoms with Crippen LogP contribution in [-0.4, -0.2) is 44.6 Å². The van der Waals surface area contributed by atoms with Gasteiger partial charge in [-0.2, -0.15) is 0 Å². The van der Waals surface area contributed by atoms with E-state index in [1.807, 2.05) is 6.92 Å². The Morgan fingerprint density at radius 1 is 1.48 bits per heavy atom. The van der Waals surface area contributed by atoms with E-state index in [-0.39, 0.29) is 13.0 Å². The van der Waals surface area contributed by atoms with Gasteiger partial charge in [0.1, 0.15) is 18.3 Å². The third-order valence-corrected chi connectivity index (χ3v) is 4.63. The van der Waals surface area contributed by atoms with Gasteiger partial charge in [0.2, 0.25) is 0 Å². The normalized spacial score (nSPS) is 31.9. The fourth-order valence-electron chi connectivity index (χ4n) is 2.70. The van der Waals surface area contributed by atoms with Crippen molar-refractivity contribution < 1.29 is 23.8 Å². The summed E-state index contributed by atoms with van der Waals surface area (Å²) in [5.41, 5.74) is -6.18. The summed E-state index contributed by atoms with van der Waals surface area (Å²) in [5, 5.41) is 10.6. The smallest absolute Gasteiger partial charge is 0.330 e. The number of carbonyl (C=O) groups is 1. The molecule has 0 bridgehead atoms. The zero-order chi connectivity index (χ0) is 18.8. The number of aromatic amines is 1. The van der Waals surface area contributed by atoms with Gasteiger partial charge in [-0.05, 0) is 20.3 Å². The zero-order valence-electron chi connectivity index (χ0n) is 14.5. The standard InChI is InChI=1S/C16H23FN2O6/c1-4-5-6-12(21)24-9-10-16(3,23)15(2,17)13(25-10)19-11(20)7-8-18-14(19)22/h7-8,10,13,23H,4-6,9H2,1-3H3,(H,18,22)/t10-,13-,15+,16-/m1/s1. The van der Waals surface area contributed by atoms with Crippen molar-refractivity contribution in [2.75, 3.05) is 6.61 Å².